The molecule has 4 fully saturated rings. The first-order chi connectivity index (χ1) is 14.0. The van der Waals surface area contributed by atoms with Crippen molar-refractivity contribution in [2.45, 2.75) is 91.6 Å². The number of hydrogen-bond acceptors (Lipinski definition) is 2. The Labute approximate surface area is 180 Å². The fraction of sp³-hybridized carbons (Fsp3) is 0.778. The molecule has 0 aliphatic heterocycles. The summed E-state index contributed by atoms with van der Waals surface area (Å²) in [6.07, 6.45) is 19.7. The van der Waals surface area contributed by atoms with Gasteiger partial charge in [-0.25, -0.2) is 0 Å². The summed E-state index contributed by atoms with van der Waals surface area (Å²) in [6, 6.07) is 0. The average Bonchev–Trinajstić information content (AvgIpc) is 2.65. The number of hydrogen-bond donors (Lipinski definition) is 1. The van der Waals surface area contributed by atoms with Gasteiger partial charge in [-0.15, -0.1) is 0 Å². The van der Waals surface area contributed by atoms with Crippen molar-refractivity contribution in [3.63, 3.8) is 0 Å². The zero-order valence-corrected chi connectivity index (χ0v) is 19.5. The van der Waals surface area contributed by atoms with E-state index in [1.54, 1.807) is 0 Å². The lowest BCUT2D eigenvalue weighted by Crippen LogP contribution is -2.49. The average molecular weight is 400 g/mol. The van der Waals surface area contributed by atoms with E-state index in [0.717, 1.165) is 43.4 Å². The molecule has 0 aromatic carbocycles. The minimum atomic E-state index is 0.577. The second kappa shape index (κ2) is 11.5. The zero-order chi connectivity index (χ0) is 20.6. The van der Waals surface area contributed by atoms with Crippen LogP contribution in [0.1, 0.15) is 85.5 Å². The summed E-state index contributed by atoms with van der Waals surface area (Å²) in [6.45, 7) is 11.7. The van der Waals surface area contributed by atoms with Gasteiger partial charge in [0.2, 0.25) is 0 Å². The van der Waals surface area contributed by atoms with E-state index in [2.05, 4.69) is 51.2 Å². The van der Waals surface area contributed by atoms with Crippen LogP contribution in [-0.2, 0) is 4.74 Å². The standard InChI is InChI=1S/C27H45NO/c1-20(2)7-5-8-21(3)9-6-10-22(4)11-12-28-13-14-29-27-25-16-23-15-24(18-25)19-26(27)17-23/h7,9,11,23-28H,5-6,8,10,12-19H2,1-4H3. The molecule has 0 radical (unpaired) electrons. The third kappa shape index (κ3) is 7.40. The minimum absolute atomic E-state index is 0.577. The molecule has 4 saturated carbocycles. The molecule has 0 aromatic rings. The Hall–Kier alpha value is -0.860. The molecule has 0 saturated heterocycles. The lowest BCUT2D eigenvalue weighted by Gasteiger charge is -2.54. The lowest BCUT2D eigenvalue weighted by molar-refractivity contribution is -0.125. The van der Waals surface area contributed by atoms with Crippen LogP contribution in [0.3, 0.4) is 0 Å². The molecule has 0 amide bonds. The SMILES string of the molecule is CC(C)=CCCC(C)=CCCC(C)=CCNCCOC1C2CC3CC(C2)CC1C3. The van der Waals surface area contributed by atoms with Crippen molar-refractivity contribution in [1.82, 2.24) is 5.32 Å². The second-order valence-electron chi connectivity index (χ2n) is 10.4. The maximum atomic E-state index is 6.37. The molecule has 2 heteroatoms. The molecule has 164 valence electrons. The molecule has 4 rings (SSSR count). The smallest absolute Gasteiger partial charge is 0.0632 e. The maximum absolute atomic E-state index is 6.37. The van der Waals surface area contributed by atoms with Gasteiger partial charge in [0.15, 0.2) is 0 Å². The summed E-state index contributed by atoms with van der Waals surface area (Å²) in [5.41, 5.74) is 4.44. The highest BCUT2D eigenvalue weighted by molar-refractivity contribution is 5.06. The number of rotatable bonds is 12. The van der Waals surface area contributed by atoms with Crippen molar-refractivity contribution in [2.24, 2.45) is 23.7 Å². The first-order valence-electron chi connectivity index (χ1n) is 12.3. The van der Waals surface area contributed by atoms with Crippen LogP contribution in [0.15, 0.2) is 34.9 Å². The second-order valence-corrected chi connectivity index (χ2v) is 10.4. The fourth-order valence-corrected chi connectivity index (χ4v) is 6.10. The van der Waals surface area contributed by atoms with Crippen molar-refractivity contribution in [2.75, 3.05) is 19.7 Å². The minimum Gasteiger partial charge on any atom is -0.376 e. The summed E-state index contributed by atoms with van der Waals surface area (Å²) in [7, 11) is 0. The van der Waals surface area contributed by atoms with Crippen LogP contribution >= 0.6 is 0 Å². The van der Waals surface area contributed by atoms with Crippen LogP contribution in [0.4, 0.5) is 0 Å². The highest BCUT2D eigenvalue weighted by Gasteiger charge is 2.48. The summed E-state index contributed by atoms with van der Waals surface area (Å²) >= 11 is 0. The van der Waals surface area contributed by atoms with E-state index in [0.29, 0.717) is 6.10 Å². The Balaban J connectivity index is 1.23. The lowest BCUT2D eigenvalue weighted by atomic mass is 9.55. The van der Waals surface area contributed by atoms with Crippen molar-refractivity contribution >= 4 is 0 Å². The normalized spacial score (nSPS) is 31.4. The number of nitrogens with one attached hydrogen (secondary N) is 1. The van der Waals surface area contributed by atoms with Crippen LogP contribution < -0.4 is 5.32 Å². The van der Waals surface area contributed by atoms with E-state index in [-0.39, 0.29) is 0 Å². The Morgan fingerprint density at radius 3 is 2.00 bits per heavy atom. The highest BCUT2D eigenvalue weighted by atomic mass is 16.5. The first-order valence-corrected chi connectivity index (χ1v) is 12.3. The fourth-order valence-electron chi connectivity index (χ4n) is 6.10. The van der Waals surface area contributed by atoms with Crippen molar-refractivity contribution in [1.29, 1.82) is 0 Å². The summed E-state index contributed by atoms with van der Waals surface area (Å²) in [5.74, 6) is 3.85. The Kier molecular flexibility index (Phi) is 9.06. The van der Waals surface area contributed by atoms with Gasteiger partial charge in [0, 0.05) is 13.1 Å². The number of allylic oxidation sites excluding steroid dienone is 5. The monoisotopic (exact) mass is 399 g/mol. The largest absolute Gasteiger partial charge is 0.376 e. The van der Waals surface area contributed by atoms with E-state index in [9.17, 15) is 0 Å². The first kappa shape index (κ1) is 22.8. The Bertz CT molecular complexity index is 568. The molecule has 0 aromatic heterocycles. The maximum Gasteiger partial charge on any atom is 0.0632 e. The van der Waals surface area contributed by atoms with Crippen molar-refractivity contribution in [3.05, 3.63) is 34.9 Å². The molecule has 0 atom stereocenters. The van der Waals surface area contributed by atoms with Gasteiger partial charge in [-0.2, -0.15) is 0 Å². The third-order valence-corrected chi connectivity index (χ3v) is 7.45. The van der Waals surface area contributed by atoms with Crippen LogP contribution in [0.2, 0.25) is 0 Å². The van der Waals surface area contributed by atoms with Gasteiger partial charge in [-0.05, 0) is 109 Å². The van der Waals surface area contributed by atoms with Gasteiger partial charge in [-0.3, -0.25) is 0 Å². The summed E-state index contributed by atoms with van der Waals surface area (Å²) in [5, 5.41) is 3.55. The van der Waals surface area contributed by atoms with Gasteiger partial charge in [0.25, 0.3) is 0 Å². The van der Waals surface area contributed by atoms with Crippen LogP contribution in [0.5, 0.6) is 0 Å². The van der Waals surface area contributed by atoms with Gasteiger partial charge >= 0.3 is 0 Å². The molecule has 4 aliphatic rings. The van der Waals surface area contributed by atoms with Gasteiger partial charge in [0.05, 0.1) is 12.7 Å². The topological polar surface area (TPSA) is 21.3 Å². The Morgan fingerprint density at radius 2 is 1.38 bits per heavy atom. The van der Waals surface area contributed by atoms with Crippen LogP contribution in [0.25, 0.3) is 0 Å². The molecular formula is C27H45NO. The summed E-state index contributed by atoms with van der Waals surface area (Å²) in [4.78, 5) is 0. The predicted molar refractivity (Wildman–Crippen MR) is 125 cm³/mol. The number of ether oxygens (including phenoxy) is 1. The third-order valence-electron chi connectivity index (χ3n) is 7.45. The van der Waals surface area contributed by atoms with Crippen molar-refractivity contribution in [3.8, 4) is 0 Å². The molecule has 29 heavy (non-hydrogen) atoms. The van der Waals surface area contributed by atoms with Gasteiger partial charge in [-0.1, -0.05) is 34.9 Å². The van der Waals surface area contributed by atoms with Gasteiger partial charge < -0.3 is 10.1 Å². The molecule has 0 unspecified atom stereocenters. The molecule has 0 spiro atoms. The molecule has 4 bridgehead atoms. The van der Waals surface area contributed by atoms with E-state index < -0.39 is 0 Å². The summed E-state index contributed by atoms with van der Waals surface area (Å²) < 4.78 is 6.37. The van der Waals surface area contributed by atoms with Gasteiger partial charge in [0.1, 0.15) is 0 Å². The molecule has 2 nitrogen and oxygen atoms in total. The molecule has 4 aliphatic carbocycles. The van der Waals surface area contributed by atoms with E-state index in [4.69, 9.17) is 4.74 Å². The molecular weight excluding hydrogens is 354 g/mol. The van der Waals surface area contributed by atoms with E-state index in [1.165, 1.54) is 74.5 Å². The highest BCUT2D eigenvalue weighted by Crippen LogP contribution is 2.54. The zero-order valence-electron chi connectivity index (χ0n) is 19.5. The van der Waals surface area contributed by atoms with E-state index in [1.807, 2.05) is 0 Å². The Morgan fingerprint density at radius 1 is 0.793 bits per heavy atom. The molecule has 1 N–H and O–H groups in total. The van der Waals surface area contributed by atoms with Crippen molar-refractivity contribution < 1.29 is 4.74 Å². The van der Waals surface area contributed by atoms with E-state index >= 15 is 0 Å². The molecule has 0 heterocycles. The van der Waals surface area contributed by atoms with Crippen LogP contribution in [0, 0.1) is 23.7 Å². The predicted octanol–water partition coefficient (Wildman–Crippen LogP) is 6.84. The van der Waals surface area contributed by atoms with Crippen LogP contribution in [-0.4, -0.2) is 25.8 Å². The quantitative estimate of drug-likeness (QED) is 0.287.